The SMILES string of the molecule is CS(=O)(=O)NCc1ccccc1C(N)F. The molecule has 0 spiro atoms. The van der Waals surface area contributed by atoms with E-state index in [1.165, 1.54) is 6.07 Å². The summed E-state index contributed by atoms with van der Waals surface area (Å²) in [4.78, 5) is 0. The van der Waals surface area contributed by atoms with E-state index in [2.05, 4.69) is 4.72 Å². The van der Waals surface area contributed by atoms with Crippen LogP contribution in [0.5, 0.6) is 0 Å². The molecule has 0 saturated carbocycles. The Kier molecular flexibility index (Phi) is 3.78. The van der Waals surface area contributed by atoms with Crippen LogP contribution in [0.15, 0.2) is 24.3 Å². The highest BCUT2D eigenvalue weighted by molar-refractivity contribution is 7.88. The van der Waals surface area contributed by atoms with E-state index in [1.54, 1.807) is 18.2 Å². The molecule has 1 atom stereocenters. The number of nitrogens with one attached hydrogen (secondary N) is 1. The predicted molar refractivity (Wildman–Crippen MR) is 56.2 cm³/mol. The van der Waals surface area contributed by atoms with Crippen molar-refractivity contribution in [1.82, 2.24) is 4.72 Å². The van der Waals surface area contributed by atoms with Gasteiger partial charge in [0.15, 0.2) is 6.30 Å². The lowest BCUT2D eigenvalue weighted by Gasteiger charge is -2.10. The number of sulfonamides is 1. The van der Waals surface area contributed by atoms with E-state index in [0.717, 1.165) is 6.26 Å². The van der Waals surface area contributed by atoms with Gasteiger partial charge < -0.3 is 0 Å². The molecule has 0 aliphatic rings. The van der Waals surface area contributed by atoms with Crippen molar-refractivity contribution < 1.29 is 12.8 Å². The van der Waals surface area contributed by atoms with E-state index in [1.807, 2.05) is 0 Å². The van der Waals surface area contributed by atoms with Gasteiger partial charge in [0.1, 0.15) is 0 Å². The normalized spacial score (nSPS) is 13.8. The number of rotatable bonds is 4. The molecule has 0 aromatic heterocycles. The quantitative estimate of drug-likeness (QED) is 0.749. The fourth-order valence-corrected chi connectivity index (χ4v) is 1.59. The maximum Gasteiger partial charge on any atom is 0.209 e. The van der Waals surface area contributed by atoms with Crippen molar-refractivity contribution in [1.29, 1.82) is 0 Å². The van der Waals surface area contributed by atoms with Crippen LogP contribution in [0.1, 0.15) is 17.4 Å². The van der Waals surface area contributed by atoms with E-state index >= 15 is 0 Å². The van der Waals surface area contributed by atoms with Crippen molar-refractivity contribution in [2.45, 2.75) is 12.8 Å². The Morgan fingerprint density at radius 1 is 1.47 bits per heavy atom. The molecular formula is C9H13FN2O2S. The van der Waals surface area contributed by atoms with Crippen LogP contribution >= 0.6 is 0 Å². The topological polar surface area (TPSA) is 72.2 Å². The maximum absolute atomic E-state index is 12.9. The Bertz CT molecular complexity index is 431. The second-order valence-electron chi connectivity index (χ2n) is 3.19. The first-order valence-electron chi connectivity index (χ1n) is 4.32. The summed E-state index contributed by atoms with van der Waals surface area (Å²) in [5.74, 6) is 0. The van der Waals surface area contributed by atoms with Gasteiger partial charge in [0, 0.05) is 12.1 Å². The van der Waals surface area contributed by atoms with Crippen molar-refractivity contribution in [3.63, 3.8) is 0 Å². The molecule has 0 bridgehead atoms. The summed E-state index contributed by atoms with van der Waals surface area (Å²) in [6.07, 6.45) is -0.548. The van der Waals surface area contributed by atoms with Gasteiger partial charge in [0.25, 0.3) is 0 Å². The molecule has 15 heavy (non-hydrogen) atoms. The summed E-state index contributed by atoms with van der Waals surface area (Å²) >= 11 is 0. The molecule has 1 aromatic carbocycles. The first kappa shape index (κ1) is 12.1. The minimum absolute atomic E-state index is 0.0482. The molecule has 0 aliphatic carbocycles. The fourth-order valence-electron chi connectivity index (χ4n) is 1.17. The summed E-state index contributed by atoms with van der Waals surface area (Å²) in [5, 5.41) is 0. The average molecular weight is 232 g/mol. The predicted octanol–water partition coefficient (Wildman–Crippen LogP) is 0.663. The first-order chi connectivity index (χ1) is 6.90. The van der Waals surface area contributed by atoms with Crippen molar-refractivity contribution >= 4 is 10.0 Å². The number of hydrogen-bond acceptors (Lipinski definition) is 3. The van der Waals surface area contributed by atoms with Crippen LogP contribution < -0.4 is 10.5 Å². The zero-order valence-electron chi connectivity index (χ0n) is 8.27. The highest BCUT2D eigenvalue weighted by Gasteiger charge is 2.10. The minimum Gasteiger partial charge on any atom is -0.298 e. The average Bonchev–Trinajstić information content (AvgIpc) is 2.14. The van der Waals surface area contributed by atoms with Gasteiger partial charge in [-0.05, 0) is 5.56 Å². The highest BCUT2D eigenvalue weighted by atomic mass is 32.2. The van der Waals surface area contributed by atoms with Crippen LogP contribution in [-0.4, -0.2) is 14.7 Å². The second kappa shape index (κ2) is 4.69. The van der Waals surface area contributed by atoms with Crippen LogP contribution in [0.2, 0.25) is 0 Å². The van der Waals surface area contributed by atoms with Gasteiger partial charge in [0.2, 0.25) is 10.0 Å². The Labute approximate surface area is 88.3 Å². The summed E-state index contributed by atoms with van der Waals surface area (Å²) in [5.41, 5.74) is 5.95. The molecule has 0 heterocycles. The van der Waals surface area contributed by atoms with Gasteiger partial charge in [-0.15, -0.1) is 0 Å². The maximum atomic E-state index is 12.9. The third-order valence-corrected chi connectivity index (χ3v) is 2.55. The van der Waals surface area contributed by atoms with E-state index in [0.29, 0.717) is 11.1 Å². The van der Waals surface area contributed by atoms with Gasteiger partial charge in [-0.25, -0.2) is 17.5 Å². The number of benzene rings is 1. The Hall–Kier alpha value is -0.980. The second-order valence-corrected chi connectivity index (χ2v) is 5.03. The summed E-state index contributed by atoms with van der Waals surface area (Å²) in [6.45, 7) is 0.0482. The summed E-state index contributed by atoms with van der Waals surface area (Å²) in [7, 11) is -3.28. The molecule has 0 radical (unpaired) electrons. The number of hydrogen-bond donors (Lipinski definition) is 2. The molecule has 1 rings (SSSR count). The summed E-state index contributed by atoms with van der Waals surface area (Å²) < 4.78 is 36.9. The third-order valence-electron chi connectivity index (χ3n) is 1.88. The molecule has 0 saturated heterocycles. The lowest BCUT2D eigenvalue weighted by molar-refractivity contribution is 0.353. The molecule has 1 aromatic rings. The molecule has 1 unspecified atom stereocenters. The van der Waals surface area contributed by atoms with Gasteiger partial charge in [-0.3, -0.25) is 5.73 Å². The first-order valence-corrected chi connectivity index (χ1v) is 6.21. The van der Waals surface area contributed by atoms with Gasteiger partial charge in [0.05, 0.1) is 6.26 Å². The van der Waals surface area contributed by atoms with Crippen LogP contribution in [0.25, 0.3) is 0 Å². The van der Waals surface area contributed by atoms with E-state index in [4.69, 9.17) is 5.73 Å². The molecule has 6 heteroatoms. The molecule has 0 fully saturated rings. The number of halogens is 1. The minimum atomic E-state index is -3.28. The van der Waals surface area contributed by atoms with Gasteiger partial charge in [-0.2, -0.15) is 0 Å². The lowest BCUT2D eigenvalue weighted by Crippen LogP contribution is -2.22. The summed E-state index contributed by atoms with van der Waals surface area (Å²) in [6, 6.07) is 6.51. The Morgan fingerprint density at radius 3 is 2.60 bits per heavy atom. The highest BCUT2D eigenvalue weighted by Crippen LogP contribution is 2.16. The van der Waals surface area contributed by atoms with E-state index < -0.39 is 16.3 Å². The van der Waals surface area contributed by atoms with Gasteiger partial charge in [-0.1, -0.05) is 24.3 Å². The molecule has 84 valence electrons. The standard InChI is InChI=1S/C9H13FN2O2S/c1-15(13,14)12-6-7-4-2-3-5-8(7)9(10)11/h2-5,9,12H,6,11H2,1H3. The monoisotopic (exact) mass is 232 g/mol. The van der Waals surface area contributed by atoms with E-state index in [-0.39, 0.29) is 6.54 Å². The van der Waals surface area contributed by atoms with Crippen molar-refractivity contribution in [2.24, 2.45) is 5.73 Å². The van der Waals surface area contributed by atoms with Crippen LogP contribution in [0, 0.1) is 0 Å². The Morgan fingerprint density at radius 2 is 2.07 bits per heavy atom. The Balaban J connectivity index is 2.85. The third kappa shape index (κ3) is 3.94. The molecular weight excluding hydrogens is 219 g/mol. The smallest absolute Gasteiger partial charge is 0.209 e. The lowest BCUT2D eigenvalue weighted by atomic mass is 10.1. The molecule has 3 N–H and O–H groups in total. The van der Waals surface area contributed by atoms with Crippen molar-refractivity contribution in [3.05, 3.63) is 35.4 Å². The number of alkyl halides is 1. The van der Waals surface area contributed by atoms with Crippen molar-refractivity contribution in [2.75, 3.05) is 6.26 Å². The zero-order chi connectivity index (χ0) is 11.5. The van der Waals surface area contributed by atoms with Gasteiger partial charge >= 0.3 is 0 Å². The fraction of sp³-hybridized carbons (Fsp3) is 0.333. The number of nitrogens with two attached hydrogens (primary N) is 1. The van der Waals surface area contributed by atoms with Crippen LogP contribution in [0.3, 0.4) is 0 Å². The van der Waals surface area contributed by atoms with Crippen LogP contribution in [0.4, 0.5) is 4.39 Å². The molecule has 0 amide bonds. The molecule has 4 nitrogen and oxygen atoms in total. The molecule has 0 aliphatic heterocycles. The van der Waals surface area contributed by atoms with E-state index in [9.17, 15) is 12.8 Å². The zero-order valence-corrected chi connectivity index (χ0v) is 9.09. The van der Waals surface area contributed by atoms with Crippen LogP contribution in [-0.2, 0) is 16.6 Å². The largest absolute Gasteiger partial charge is 0.298 e. The van der Waals surface area contributed by atoms with Crippen molar-refractivity contribution in [3.8, 4) is 0 Å².